The topological polar surface area (TPSA) is 111 Å². The number of anilines is 1. The Kier molecular flexibility index (Phi) is 4.73. The first-order valence-corrected chi connectivity index (χ1v) is 6.37. The minimum absolute atomic E-state index is 0.0452. The molecule has 2 heterocycles. The largest absolute Gasteiger partial charge is 0.394 e. The molecule has 7 nitrogen and oxygen atoms in total. The van der Waals surface area contributed by atoms with Gasteiger partial charge in [0.1, 0.15) is 18.0 Å². The van der Waals surface area contributed by atoms with Gasteiger partial charge in [-0.15, -0.1) is 0 Å². The molecule has 0 saturated carbocycles. The molecule has 1 aromatic rings. The average Bonchev–Trinajstić information content (AvgIpc) is 2.78. The maximum absolute atomic E-state index is 13.0. The minimum atomic E-state index is -1.36. The van der Waals surface area contributed by atoms with Crippen molar-refractivity contribution in [2.24, 2.45) is 0 Å². The van der Waals surface area contributed by atoms with Crippen LogP contribution in [0.25, 0.3) is 6.08 Å². The summed E-state index contributed by atoms with van der Waals surface area (Å²) in [6.45, 7) is -0.527. The first kappa shape index (κ1) is 15.6. The predicted molar refractivity (Wildman–Crippen MR) is 74.0 cm³/mol. The van der Waals surface area contributed by atoms with Gasteiger partial charge in [0.25, 0.3) is 0 Å². The lowest BCUT2D eigenvalue weighted by Crippen LogP contribution is -2.29. The molecule has 0 spiro atoms. The monoisotopic (exact) mass is 317 g/mol. The molecule has 1 aliphatic rings. The summed E-state index contributed by atoms with van der Waals surface area (Å²) >= 11 is 5.46. The fourth-order valence-corrected chi connectivity index (χ4v) is 2.16. The zero-order valence-corrected chi connectivity index (χ0v) is 11.4. The lowest BCUT2D eigenvalue weighted by atomic mass is 10.1. The molecule has 9 heteroatoms. The number of hydrogen-bond acceptors (Lipinski definition) is 6. The van der Waals surface area contributed by atoms with Crippen LogP contribution in [0, 0.1) is 0 Å². The Hall–Kier alpha value is -1.74. The molecule has 3 unspecified atom stereocenters. The lowest BCUT2D eigenvalue weighted by molar-refractivity contribution is -0.0447. The van der Waals surface area contributed by atoms with Crippen molar-refractivity contribution in [3.05, 3.63) is 39.7 Å². The van der Waals surface area contributed by atoms with E-state index in [1.807, 2.05) is 0 Å². The molecule has 3 atom stereocenters. The molecular weight excluding hydrogens is 305 g/mol. The Morgan fingerprint density at radius 3 is 2.90 bits per heavy atom. The summed E-state index contributed by atoms with van der Waals surface area (Å²) in [5, 5.41) is 18.9. The molecule has 4 N–H and O–H groups in total. The second-order valence-electron chi connectivity index (χ2n) is 4.33. The quantitative estimate of drug-likeness (QED) is 0.731. The number of nitrogens with two attached hydrogens (primary N) is 1. The molecule has 1 aliphatic heterocycles. The lowest BCUT2D eigenvalue weighted by Gasteiger charge is -2.15. The Balaban J connectivity index is 2.51. The van der Waals surface area contributed by atoms with Crippen LogP contribution in [0.4, 0.5) is 10.2 Å². The third-order valence-corrected chi connectivity index (χ3v) is 3.22. The van der Waals surface area contributed by atoms with E-state index in [0.717, 1.165) is 4.57 Å². The minimum Gasteiger partial charge on any atom is -0.394 e. The highest BCUT2D eigenvalue weighted by atomic mass is 35.5. The first-order chi connectivity index (χ1) is 10.0. The smallest absolute Gasteiger partial charge is 0.351 e. The molecule has 0 amide bonds. The second-order valence-corrected chi connectivity index (χ2v) is 4.58. The summed E-state index contributed by atoms with van der Waals surface area (Å²) in [7, 11) is 0. The van der Waals surface area contributed by atoms with Crippen molar-refractivity contribution in [2.45, 2.75) is 18.4 Å². The Bertz CT molecular complexity index is 646. The molecule has 1 fully saturated rings. The Morgan fingerprint density at radius 2 is 2.33 bits per heavy atom. The van der Waals surface area contributed by atoms with E-state index in [2.05, 4.69) is 4.98 Å². The van der Waals surface area contributed by atoms with E-state index in [1.54, 1.807) is 0 Å². The SMILES string of the molecule is Nc1nc(=O)n(C2OC(CO)C(O)C2=CF)cc1C=CCl. The van der Waals surface area contributed by atoms with E-state index in [0.29, 0.717) is 5.56 Å². The van der Waals surface area contributed by atoms with E-state index < -0.39 is 30.7 Å². The van der Waals surface area contributed by atoms with Crippen molar-refractivity contribution >= 4 is 23.5 Å². The fraction of sp³-hybridized carbons (Fsp3) is 0.333. The van der Waals surface area contributed by atoms with Crippen molar-refractivity contribution in [2.75, 3.05) is 12.3 Å². The molecule has 1 aromatic heterocycles. The van der Waals surface area contributed by atoms with Crippen LogP contribution in [-0.4, -0.2) is 38.6 Å². The summed E-state index contributed by atoms with van der Waals surface area (Å²) in [6.07, 6.45) is -0.789. The molecule has 0 radical (unpaired) electrons. The van der Waals surface area contributed by atoms with Gasteiger partial charge >= 0.3 is 5.69 Å². The van der Waals surface area contributed by atoms with Gasteiger partial charge in [-0.1, -0.05) is 11.6 Å². The van der Waals surface area contributed by atoms with Crippen LogP contribution in [0.3, 0.4) is 0 Å². The van der Waals surface area contributed by atoms with Crippen LogP contribution in [0.5, 0.6) is 0 Å². The van der Waals surface area contributed by atoms with Gasteiger partial charge in [0.15, 0.2) is 6.23 Å². The molecular formula is C12H13ClFN3O4. The third-order valence-electron chi connectivity index (χ3n) is 3.09. The first-order valence-electron chi connectivity index (χ1n) is 5.93. The van der Waals surface area contributed by atoms with Gasteiger partial charge in [-0.2, -0.15) is 4.98 Å². The van der Waals surface area contributed by atoms with Crippen LogP contribution in [0.15, 0.2) is 28.4 Å². The zero-order chi connectivity index (χ0) is 15.6. The number of ether oxygens (including phenoxy) is 1. The van der Waals surface area contributed by atoms with Gasteiger partial charge in [-0.05, 0) is 6.08 Å². The molecule has 2 rings (SSSR count). The third kappa shape index (κ3) is 2.84. The van der Waals surface area contributed by atoms with Crippen molar-refractivity contribution in [1.82, 2.24) is 9.55 Å². The fourth-order valence-electron chi connectivity index (χ4n) is 2.03. The molecule has 114 valence electrons. The standard InChI is InChI=1S/C12H13ClFN3O4/c13-2-1-6-4-17(12(20)16-10(6)15)11-7(3-14)9(19)8(5-18)21-11/h1-4,8-9,11,18-19H,5H2,(H2,15,16,20). The van der Waals surface area contributed by atoms with Gasteiger partial charge in [0.05, 0.1) is 12.9 Å². The second kappa shape index (κ2) is 6.35. The number of aliphatic hydroxyl groups is 2. The van der Waals surface area contributed by atoms with Gasteiger partial charge in [-0.3, -0.25) is 4.57 Å². The summed E-state index contributed by atoms with van der Waals surface area (Å²) in [5.74, 6) is -0.0452. The van der Waals surface area contributed by atoms with Crippen molar-refractivity contribution < 1.29 is 19.3 Å². The molecule has 21 heavy (non-hydrogen) atoms. The Morgan fingerprint density at radius 1 is 1.62 bits per heavy atom. The summed E-state index contributed by atoms with van der Waals surface area (Å²) < 4.78 is 19.2. The maximum atomic E-state index is 13.0. The highest BCUT2D eigenvalue weighted by Gasteiger charge is 2.40. The number of halogens is 2. The number of hydrogen-bond donors (Lipinski definition) is 3. The number of nitrogen functional groups attached to an aromatic ring is 1. The van der Waals surface area contributed by atoms with Crippen LogP contribution in [-0.2, 0) is 4.74 Å². The average molecular weight is 318 g/mol. The zero-order valence-electron chi connectivity index (χ0n) is 10.7. The van der Waals surface area contributed by atoms with Gasteiger partial charge < -0.3 is 20.7 Å². The normalized spacial score (nSPS) is 27.8. The van der Waals surface area contributed by atoms with E-state index >= 15 is 0 Å². The van der Waals surface area contributed by atoms with Gasteiger partial charge in [0, 0.05) is 22.9 Å². The molecule has 0 aliphatic carbocycles. The van der Waals surface area contributed by atoms with Crippen molar-refractivity contribution in [1.29, 1.82) is 0 Å². The van der Waals surface area contributed by atoms with Gasteiger partial charge in [0.2, 0.25) is 0 Å². The van der Waals surface area contributed by atoms with E-state index in [-0.39, 0.29) is 17.7 Å². The van der Waals surface area contributed by atoms with Crippen LogP contribution in [0.1, 0.15) is 11.8 Å². The molecule has 0 aromatic carbocycles. The van der Waals surface area contributed by atoms with E-state index in [4.69, 9.17) is 27.2 Å². The van der Waals surface area contributed by atoms with Crippen LogP contribution in [0.2, 0.25) is 0 Å². The van der Waals surface area contributed by atoms with Gasteiger partial charge in [-0.25, -0.2) is 9.18 Å². The highest BCUT2D eigenvalue weighted by molar-refractivity contribution is 6.27. The summed E-state index contributed by atoms with van der Waals surface area (Å²) in [6, 6.07) is 0. The number of aliphatic hydroxyl groups excluding tert-OH is 2. The predicted octanol–water partition coefficient (Wildman–Crippen LogP) is 0.139. The summed E-state index contributed by atoms with van der Waals surface area (Å²) in [4.78, 5) is 15.5. The number of aromatic nitrogens is 2. The number of nitrogens with zero attached hydrogens (tertiary/aromatic N) is 2. The van der Waals surface area contributed by atoms with Crippen molar-refractivity contribution in [3.63, 3.8) is 0 Å². The van der Waals surface area contributed by atoms with E-state index in [1.165, 1.54) is 17.8 Å². The Labute approximate surface area is 123 Å². The molecule has 1 saturated heterocycles. The highest BCUT2D eigenvalue weighted by Crippen LogP contribution is 2.33. The molecule has 0 bridgehead atoms. The van der Waals surface area contributed by atoms with E-state index in [9.17, 15) is 14.3 Å². The maximum Gasteiger partial charge on any atom is 0.351 e. The van der Waals surface area contributed by atoms with Crippen LogP contribution >= 0.6 is 11.6 Å². The number of rotatable bonds is 3. The van der Waals surface area contributed by atoms with Crippen molar-refractivity contribution in [3.8, 4) is 0 Å². The summed E-state index contributed by atoms with van der Waals surface area (Å²) in [5.41, 5.74) is 6.10. The van der Waals surface area contributed by atoms with Crippen LogP contribution < -0.4 is 11.4 Å².